The summed E-state index contributed by atoms with van der Waals surface area (Å²) in [5, 5.41) is 5.45. The van der Waals surface area contributed by atoms with Gasteiger partial charge in [-0.25, -0.2) is 0 Å². The van der Waals surface area contributed by atoms with E-state index in [2.05, 4.69) is 10.6 Å². The Labute approximate surface area is 127 Å². The smallest absolute Gasteiger partial charge is 0.326 e. The van der Waals surface area contributed by atoms with E-state index in [1.165, 1.54) is 6.92 Å². The lowest BCUT2D eigenvalue weighted by Gasteiger charge is -2.13. The molecular weight excluding hydrogens is 296 g/mol. The van der Waals surface area contributed by atoms with E-state index in [1.54, 1.807) is 31.2 Å². The molecule has 114 valence electrons. The van der Waals surface area contributed by atoms with Crippen LogP contribution in [0.25, 0.3) is 0 Å². The number of ether oxygens (including phenoxy) is 1. The molecule has 0 heterocycles. The Morgan fingerprint density at radius 2 is 1.81 bits per heavy atom. The largest absolute Gasteiger partial charge is 0.451 e. The van der Waals surface area contributed by atoms with Gasteiger partial charge < -0.3 is 15.4 Å². The fourth-order valence-electron chi connectivity index (χ4n) is 1.47. The van der Waals surface area contributed by atoms with Crippen molar-refractivity contribution in [3.05, 3.63) is 34.9 Å². The van der Waals surface area contributed by atoms with Gasteiger partial charge in [-0.2, -0.15) is 0 Å². The molecule has 0 aliphatic heterocycles. The number of esters is 1. The summed E-state index contributed by atoms with van der Waals surface area (Å²) in [6.45, 7) is 3.36. The lowest BCUT2D eigenvalue weighted by atomic mass is 10.2. The third-order valence-corrected chi connectivity index (χ3v) is 2.78. The summed E-state index contributed by atoms with van der Waals surface area (Å²) in [5.41, 5.74) is 0.379. The molecule has 1 atom stereocenters. The molecule has 0 saturated heterocycles. The highest BCUT2D eigenvalue weighted by Gasteiger charge is 2.17. The third-order valence-electron chi connectivity index (χ3n) is 2.53. The van der Waals surface area contributed by atoms with Gasteiger partial charge in [-0.15, -0.1) is 0 Å². The zero-order valence-electron chi connectivity index (χ0n) is 11.8. The Morgan fingerprint density at radius 3 is 2.38 bits per heavy atom. The fraction of sp³-hybridized carbons (Fsp3) is 0.357. The summed E-state index contributed by atoms with van der Waals surface area (Å²) in [6, 6.07) is 6.23. The minimum atomic E-state index is -0.898. The first-order valence-corrected chi connectivity index (χ1v) is 6.82. The van der Waals surface area contributed by atoms with Crippen LogP contribution in [0.1, 0.15) is 24.2 Å². The molecule has 0 bridgehead atoms. The number of carbonyl (C=O) groups excluding carboxylic acids is 3. The number of carbonyl (C=O) groups is 3. The molecule has 1 aromatic carbocycles. The first kappa shape index (κ1) is 17.0. The van der Waals surface area contributed by atoms with Crippen LogP contribution < -0.4 is 10.6 Å². The van der Waals surface area contributed by atoms with Crippen molar-refractivity contribution in [2.45, 2.75) is 20.0 Å². The molecule has 0 fully saturated rings. The van der Waals surface area contributed by atoms with Crippen LogP contribution in [0.15, 0.2) is 24.3 Å². The van der Waals surface area contributed by atoms with Gasteiger partial charge in [0.1, 0.15) is 6.54 Å². The zero-order valence-corrected chi connectivity index (χ0v) is 12.6. The van der Waals surface area contributed by atoms with Crippen molar-refractivity contribution >= 4 is 29.4 Å². The summed E-state index contributed by atoms with van der Waals surface area (Å²) in [5.74, 6) is -1.49. The monoisotopic (exact) mass is 312 g/mol. The first-order valence-electron chi connectivity index (χ1n) is 6.45. The van der Waals surface area contributed by atoms with Crippen molar-refractivity contribution in [3.8, 4) is 0 Å². The molecule has 2 amide bonds. The van der Waals surface area contributed by atoms with Gasteiger partial charge in [0.2, 0.25) is 0 Å². The molecule has 1 aromatic rings. The van der Waals surface area contributed by atoms with E-state index in [0.717, 1.165) is 0 Å². The summed E-state index contributed by atoms with van der Waals surface area (Å²) < 4.78 is 4.88. The minimum absolute atomic E-state index is 0.314. The van der Waals surface area contributed by atoms with E-state index in [4.69, 9.17) is 16.3 Å². The van der Waals surface area contributed by atoms with Crippen molar-refractivity contribution in [2.75, 3.05) is 13.1 Å². The standard InChI is InChI=1S/C14H17ClN2O4/c1-3-16-13(19)9(2)21-12(18)8-17-14(20)10-4-6-11(15)7-5-10/h4-7,9H,3,8H2,1-2H3,(H,16,19)(H,17,20)/t9-/m1/s1. The van der Waals surface area contributed by atoms with Crippen molar-refractivity contribution < 1.29 is 19.1 Å². The van der Waals surface area contributed by atoms with E-state index < -0.39 is 18.0 Å². The van der Waals surface area contributed by atoms with Crippen LogP contribution in [0.3, 0.4) is 0 Å². The van der Waals surface area contributed by atoms with Crippen molar-refractivity contribution in [3.63, 3.8) is 0 Å². The highest BCUT2D eigenvalue weighted by Crippen LogP contribution is 2.09. The van der Waals surface area contributed by atoms with E-state index in [1.807, 2.05) is 0 Å². The number of likely N-dealkylation sites (N-methyl/N-ethyl adjacent to an activating group) is 1. The van der Waals surface area contributed by atoms with Gasteiger partial charge in [-0.05, 0) is 38.1 Å². The summed E-state index contributed by atoms with van der Waals surface area (Å²) in [7, 11) is 0. The van der Waals surface area contributed by atoms with E-state index in [-0.39, 0.29) is 12.5 Å². The highest BCUT2D eigenvalue weighted by molar-refractivity contribution is 6.30. The van der Waals surface area contributed by atoms with Gasteiger partial charge in [0.15, 0.2) is 6.10 Å². The Hall–Kier alpha value is -2.08. The van der Waals surface area contributed by atoms with Crippen LogP contribution in [0, 0.1) is 0 Å². The van der Waals surface area contributed by atoms with Crippen LogP contribution in [0.4, 0.5) is 0 Å². The van der Waals surface area contributed by atoms with Gasteiger partial charge in [0.05, 0.1) is 0 Å². The number of hydrogen-bond acceptors (Lipinski definition) is 4. The third kappa shape index (κ3) is 5.83. The van der Waals surface area contributed by atoms with E-state index >= 15 is 0 Å². The van der Waals surface area contributed by atoms with Crippen LogP contribution in [-0.2, 0) is 14.3 Å². The number of rotatable bonds is 6. The number of benzene rings is 1. The lowest BCUT2D eigenvalue weighted by Crippen LogP contribution is -2.38. The second kappa shape index (κ2) is 8.26. The molecule has 6 nitrogen and oxygen atoms in total. The van der Waals surface area contributed by atoms with Gasteiger partial charge in [-0.3, -0.25) is 14.4 Å². The van der Waals surface area contributed by atoms with Crippen LogP contribution >= 0.6 is 11.6 Å². The molecule has 0 aliphatic carbocycles. The molecule has 0 saturated carbocycles. The number of halogens is 1. The molecule has 7 heteroatoms. The Kier molecular flexibility index (Phi) is 6.68. The van der Waals surface area contributed by atoms with Crippen molar-refractivity contribution in [1.29, 1.82) is 0 Å². The molecule has 0 unspecified atom stereocenters. The second-order valence-corrected chi connectivity index (χ2v) is 4.65. The first-order chi connectivity index (χ1) is 9.93. The topological polar surface area (TPSA) is 84.5 Å². The van der Waals surface area contributed by atoms with Crippen LogP contribution in [0.2, 0.25) is 5.02 Å². The zero-order chi connectivity index (χ0) is 15.8. The van der Waals surface area contributed by atoms with Crippen molar-refractivity contribution in [2.24, 2.45) is 0 Å². The Bertz CT molecular complexity index is 516. The van der Waals surface area contributed by atoms with Gasteiger partial charge in [-0.1, -0.05) is 11.6 Å². The van der Waals surface area contributed by atoms with Crippen LogP contribution in [-0.4, -0.2) is 37.0 Å². The average molecular weight is 313 g/mol. The quantitative estimate of drug-likeness (QED) is 0.771. The predicted molar refractivity (Wildman–Crippen MR) is 78.0 cm³/mol. The van der Waals surface area contributed by atoms with Crippen molar-refractivity contribution in [1.82, 2.24) is 10.6 Å². The van der Waals surface area contributed by atoms with Gasteiger partial charge >= 0.3 is 5.97 Å². The predicted octanol–water partition coefficient (Wildman–Crippen LogP) is 1.14. The molecular formula is C14H17ClN2O4. The molecule has 1 rings (SSSR count). The molecule has 0 aliphatic rings. The minimum Gasteiger partial charge on any atom is -0.451 e. The summed E-state index contributed by atoms with van der Waals surface area (Å²) >= 11 is 5.71. The molecule has 0 radical (unpaired) electrons. The van der Waals surface area contributed by atoms with Gasteiger partial charge in [0, 0.05) is 17.1 Å². The molecule has 0 spiro atoms. The normalized spacial score (nSPS) is 11.4. The number of hydrogen-bond donors (Lipinski definition) is 2. The summed E-state index contributed by atoms with van der Waals surface area (Å²) in [4.78, 5) is 34.6. The van der Waals surface area contributed by atoms with Crippen LogP contribution in [0.5, 0.6) is 0 Å². The lowest BCUT2D eigenvalue weighted by molar-refractivity contribution is -0.153. The Morgan fingerprint density at radius 1 is 1.19 bits per heavy atom. The van der Waals surface area contributed by atoms with E-state index in [9.17, 15) is 14.4 Å². The summed E-state index contributed by atoms with van der Waals surface area (Å²) in [6.07, 6.45) is -0.898. The number of amides is 2. The maximum atomic E-state index is 11.7. The molecule has 2 N–H and O–H groups in total. The maximum absolute atomic E-state index is 11.7. The SMILES string of the molecule is CCNC(=O)[C@@H](C)OC(=O)CNC(=O)c1ccc(Cl)cc1. The molecule has 0 aromatic heterocycles. The average Bonchev–Trinajstić information content (AvgIpc) is 2.45. The maximum Gasteiger partial charge on any atom is 0.326 e. The number of nitrogens with one attached hydrogen (secondary N) is 2. The fourth-order valence-corrected chi connectivity index (χ4v) is 1.59. The van der Waals surface area contributed by atoms with Gasteiger partial charge in [0.25, 0.3) is 11.8 Å². The highest BCUT2D eigenvalue weighted by atomic mass is 35.5. The second-order valence-electron chi connectivity index (χ2n) is 4.22. The Balaban J connectivity index is 2.40. The van der Waals surface area contributed by atoms with E-state index in [0.29, 0.717) is 17.1 Å². The molecule has 21 heavy (non-hydrogen) atoms.